The summed E-state index contributed by atoms with van der Waals surface area (Å²) in [5, 5.41) is 26.4. The number of aromatic nitrogens is 4. The van der Waals surface area contributed by atoms with Crippen LogP contribution in [0, 0.1) is 17.6 Å². The Balaban J connectivity index is 1.63. The van der Waals surface area contributed by atoms with E-state index in [0.717, 1.165) is 44.9 Å². The van der Waals surface area contributed by atoms with E-state index in [1.807, 2.05) is 18.4 Å². The predicted octanol–water partition coefficient (Wildman–Crippen LogP) is 5.14. The molecule has 0 spiro atoms. The van der Waals surface area contributed by atoms with Crippen molar-refractivity contribution in [2.45, 2.75) is 90.0 Å². The van der Waals surface area contributed by atoms with Crippen molar-refractivity contribution in [2.24, 2.45) is 5.92 Å². The Morgan fingerprint density at radius 2 is 1.83 bits per heavy atom. The van der Waals surface area contributed by atoms with Gasteiger partial charge in [0.05, 0.1) is 17.9 Å². The third-order valence-corrected chi connectivity index (χ3v) is 7.14. The molecule has 1 aliphatic carbocycles. The minimum Gasteiger partial charge on any atom is -0.393 e. The molecular formula is C26H36F2N6O2. The number of imidazole rings is 1. The first-order chi connectivity index (χ1) is 17.2. The Kier molecular flexibility index (Phi) is 8.04. The van der Waals surface area contributed by atoms with Gasteiger partial charge in [0.1, 0.15) is 22.8 Å². The van der Waals surface area contributed by atoms with Crippen molar-refractivity contribution < 1.29 is 19.0 Å². The number of aliphatic hydroxyl groups excluding tert-OH is 1. The molecule has 1 aliphatic rings. The van der Waals surface area contributed by atoms with Crippen molar-refractivity contribution >= 4 is 28.7 Å². The molecular weight excluding hydrogens is 466 g/mol. The van der Waals surface area contributed by atoms with E-state index in [1.165, 1.54) is 18.2 Å². The van der Waals surface area contributed by atoms with E-state index in [2.05, 4.69) is 27.5 Å². The summed E-state index contributed by atoms with van der Waals surface area (Å²) in [4.78, 5) is 13.6. The summed E-state index contributed by atoms with van der Waals surface area (Å²) in [5.74, 6) is -0.584. The normalized spacial score (nSPS) is 19.4. The Hall–Kier alpha value is -2.85. The standard InChI is InChI=1S/C26H36F2N6O2/c1-4-16(26(2,3)36)7-6-14-34-23-21(31-25(34)32-22-19(27)8-5-9-20(22)28)15-29-24(33-23)30-17-10-12-18(35)13-11-17/h5,8-9,15-18,35-36H,4,6-7,10-14H2,1-3H3,(H,31,32)(H,29,30,33)/t16-,17?,18?/m0/s1. The first kappa shape index (κ1) is 26.2. The summed E-state index contributed by atoms with van der Waals surface area (Å²) in [7, 11) is 0. The molecule has 3 aromatic rings. The zero-order valence-electron chi connectivity index (χ0n) is 21.1. The number of nitrogens with one attached hydrogen (secondary N) is 2. The summed E-state index contributed by atoms with van der Waals surface area (Å²) in [5.41, 5.74) is -0.00739. The Labute approximate surface area is 210 Å². The Bertz CT molecular complexity index is 1150. The number of fused-ring (bicyclic) bond motifs is 1. The van der Waals surface area contributed by atoms with E-state index in [4.69, 9.17) is 4.98 Å². The van der Waals surface area contributed by atoms with Crippen molar-refractivity contribution in [1.29, 1.82) is 0 Å². The largest absolute Gasteiger partial charge is 0.393 e. The van der Waals surface area contributed by atoms with Crippen LogP contribution in [0.4, 0.5) is 26.4 Å². The van der Waals surface area contributed by atoms with Crippen molar-refractivity contribution in [3.63, 3.8) is 0 Å². The number of para-hydroxylation sites is 1. The maximum Gasteiger partial charge on any atom is 0.224 e. The molecule has 36 heavy (non-hydrogen) atoms. The second-order valence-corrected chi connectivity index (χ2v) is 10.3. The average molecular weight is 503 g/mol. The topological polar surface area (TPSA) is 108 Å². The molecule has 1 fully saturated rings. The van der Waals surface area contributed by atoms with Crippen molar-refractivity contribution in [1.82, 2.24) is 19.5 Å². The van der Waals surface area contributed by atoms with Crippen LogP contribution in [-0.2, 0) is 6.54 Å². The number of aliphatic hydroxyl groups is 2. The maximum absolute atomic E-state index is 14.4. The van der Waals surface area contributed by atoms with E-state index in [-0.39, 0.29) is 29.7 Å². The lowest BCUT2D eigenvalue weighted by Gasteiger charge is -2.28. The number of rotatable bonds is 10. The van der Waals surface area contributed by atoms with Gasteiger partial charge in [-0.05, 0) is 70.4 Å². The molecule has 0 bridgehead atoms. The van der Waals surface area contributed by atoms with Gasteiger partial charge in [0, 0.05) is 12.6 Å². The predicted molar refractivity (Wildman–Crippen MR) is 136 cm³/mol. The highest BCUT2D eigenvalue weighted by molar-refractivity contribution is 5.76. The molecule has 8 nitrogen and oxygen atoms in total. The van der Waals surface area contributed by atoms with Crippen LogP contribution in [0.5, 0.6) is 0 Å². The molecule has 2 heterocycles. The molecule has 1 saturated carbocycles. The van der Waals surface area contributed by atoms with Crippen LogP contribution in [0.3, 0.4) is 0 Å². The minimum atomic E-state index is -0.796. The van der Waals surface area contributed by atoms with Gasteiger partial charge in [0.25, 0.3) is 0 Å². The summed E-state index contributed by atoms with van der Waals surface area (Å²) >= 11 is 0. The van der Waals surface area contributed by atoms with Crippen LogP contribution < -0.4 is 10.6 Å². The maximum atomic E-state index is 14.4. The second-order valence-electron chi connectivity index (χ2n) is 10.3. The van der Waals surface area contributed by atoms with Crippen molar-refractivity contribution in [3.8, 4) is 0 Å². The molecule has 1 atom stereocenters. The number of hydrogen-bond acceptors (Lipinski definition) is 7. The molecule has 196 valence electrons. The van der Waals surface area contributed by atoms with Gasteiger partial charge in [-0.25, -0.2) is 18.7 Å². The molecule has 0 saturated heterocycles. The van der Waals surface area contributed by atoms with Gasteiger partial charge in [-0.1, -0.05) is 19.4 Å². The van der Waals surface area contributed by atoms with Gasteiger partial charge < -0.3 is 20.8 Å². The molecule has 4 rings (SSSR count). The van der Waals surface area contributed by atoms with Crippen LogP contribution in [0.1, 0.15) is 65.7 Å². The highest BCUT2D eigenvalue weighted by Crippen LogP contribution is 2.29. The van der Waals surface area contributed by atoms with Crippen molar-refractivity contribution in [2.75, 3.05) is 10.6 Å². The number of nitrogens with zero attached hydrogens (tertiary/aromatic N) is 4. The van der Waals surface area contributed by atoms with Crippen LogP contribution in [-0.4, -0.2) is 47.5 Å². The smallest absolute Gasteiger partial charge is 0.224 e. The van der Waals surface area contributed by atoms with E-state index < -0.39 is 17.2 Å². The van der Waals surface area contributed by atoms with Crippen LogP contribution in [0.25, 0.3) is 11.2 Å². The van der Waals surface area contributed by atoms with E-state index in [0.29, 0.717) is 23.7 Å². The van der Waals surface area contributed by atoms with Gasteiger partial charge in [-0.15, -0.1) is 0 Å². The molecule has 0 amide bonds. The zero-order chi connectivity index (χ0) is 25.9. The summed E-state index contributed by atoms with van der Waals surface area (Å²) < 4.78 is 30.6. The van der Waals surface area contributed by atoms with E-state index in [9.17, 15) is 19.0 Å². The summed E-state index contributed by atoms with van der Waals surface area (Å²) in [6, 6.07) is 3.87. The average Bonchev–Trinajstić information content (AvgIpc) is 3.16. The second kappa shape index (κ2) is 11.0. The number of benzene rings is 1. The summed E-state index contributed by atoms with van der Waals surface area (Å²) in [6.45, 7) is 6.18. The molecule has 0 aliphatic heterocycles. The Morgan fingerprint density at radius 1 is 1.14 bits per heavy atom. The molecule has 4 N–H and O–H groups in total. The molecule has 0 unspecified atom stereocenters. The molecule has 2 aromatic heterocycles. The fourth-order valence-corrected chi connectivity index (χ4v) is 4.98. The van der Waals surface area contributed by atoms with Gasteiger partial charge in [-0.3, -0.25) is 4.57 Å². The fraction of sp³-hybridized carbons (Fsp3) is 0.577. The van der Waals surface area contributed by atoms with Crippen LogP contribution in [0.15, 0.2) is 24.4 Å². The summed E-state index contributed by atoms with van der Waals surface area (Å²) in [6.07, 6.45) is 6.81. The third-order valence-electron chi connectivity index (χ3n) is 7.14. The zero-order valence-corrected chi connectivity index (χ0v) is 21.1. The van der Waals surface area contributed by atoms with Crippen LogP contribution in [0.2, 0.25) is 0 Å². The molecule has 1 aromatic carbocycles. The first-order valence-electron chi connectivity index (χ1n) is 12.8. The highest BCUT2D eigenvalue weighted by Gasteiger charge is 2.25. The number of aryl methyl sites for hydroxylation is 1. The molecule has 0 radical (unpaired) electrons. The van der Waals surface area contributed by atoms with Gasteiger partial charge in [-0.2, -0.15) is 4.98 Å². The van der Waals surface area contributed by atoms with Crippen LogP contribution >= 0.6 is 0 Å². The number of anilines is 3. The monoisotopic (exact) mass is 502 g/mol. The lowest BCUT2D eigenvalue weighted by Crippen LogP contribution is -2.30. The first-order valence-corrected chi connectivity index (χ1v) is 12.8. The van der Waals surface area contributed by atoms with Crippen molar-refractivity contribution in [3.05, 3.63) is 36.0 Å². The quantitative estimate of drug-likeness (QED) is 0.304. The van der Waals surface area contributed by atoms with E-state index in [1.54, 1.807) is 6.20 Å². The SMILES string of the molecule is CC[C@@H](CCCn1c(Nc2c(F)cccc2F)nc2cnc(NC3CCC(O)CC3)nc21)C(C)(C)O. The Morgan fingerprint density at radius 3 is 2.47 bits per heavy atom. The highest BCUT2D eigenvalue weighted by atomic mass is 19.1. The van der Waals surface area contributed by atoms with E-state index >= 15 is 0 Å². The van der Waals surface area contributed by atoms with Gasteiger partial charge in [0.15, 0.2) is 5.65 Å². The lowest BCUT2D eigenvalue weighted by molar-refractivity contribution is 0.0103. The third kappa shape index (κ3) is 6.10. The fourth-order valence-electron chi connectivity index (χ4n) is 4.98. The number of hydrogen-bond donors (Lipinski definition) is 4. The van der Waals surface area contributed by atoms with Gasteiger partial charge >= 0.3 is 0 Å². The molecule has 10 heteroatoms. The number of halogens is 2. The lowest BCUT2D eigenvalue weighted by atomic mass is 9.85. The van der Waals surface area contributed by atoms with Gasteiger partial charge in [0.2, 0.25) is 11.9 Å². The minimum absolute atomic E-state index is 0.112.